The van der Waals surface area contributed by atoms with Crippen LogP contribution in [0.2, 0.25) is 0 Å². The number of ether oxygens (including phenoxy) is 1. The second-order valence-corrected chi connectivity index (χ2v) is 6.15. The first-order valence-electron chi connectivity index (χ1n) is 8.06. The van der Waals surface area contributed by atoms with Gasteiger partial charge < -0.3 is 29.4 Å². The SMILES string of the molecule is [CH2-]N1CCN(CC(C)=O)CC1.[CH2-]OCCN1CCN(C)CC1.[CH3-].[CH3-].[Y].[Y]. The Balaban J connectivity index is -0.000000161. The molecule has 0 saturated carbocycles. The average molecular weight is 520 g/mol. The summed E-state index contributed by atoms with van der Waals surface area (Å²) in [6, 6.07) is 0. The maximum atomic E-state index is 10.7. The molecule has 0 spiro atoms. The molecule has 0 amide bonds. The van der Waals surface area contributed by atoms with Crippen molar-refractivity contribution in [2.24, 2.45) is 0 Å². The largest absolute Gasteiger partial charge is 0.554 e. The molecular weight excluding hydrogens is 482 g/mol. The van der Waals surface area contributed by atoms with Gasteiger partial charge in [-0.25, -0.2) is 7.11 Å². The van der Waals surface area contributed by atoms with Crippen LogP contribution in [0, 0.1) is 29.0 Å². The maximum absolute atomic E-state index is 10.7. The molecular formula is C18H38N4O2Y2-4. The minimum atomic E-state index is 0. The van der Waals surface area contributed by atoms with Crippen molar-refractivity contribution in [2.45, 2.75) is 6.92 Å². The zero-order chi connectivity index (χ0) is 16.4. The Morgan fingerprint density at radius 2 is 1.38 bits per heavy atom. The fourth-order valence-corrected chi connectivity index (χ4v) is 2.53. The molecule has 0 bridgehead atoms. The van der Waals surface area contributed by atoms with Gasteiger partial charge >= 0.3 is 0 Å². The van der Waals surface area contributed by atoms with Gasteiger partial charge in [-0.05, 0) is 27.1 Å². The van der Waals surface area contributed by atoms with Gasteiger partial charge in [-0.1, -0.05) is 0 Å². The van der Waals surface area contributed by atoms with E-state index in [1.54, 1.807) is 6.92 Å². The monoisotopic (exact) mass is 520 g/mol. The normalized spacial score (nSPS) is 18.8. The van der Waals surface area contributed by atoms with Gasteiger partial charge in [0.05, 0.1) is 6.54 Å². The molecule has 0 unspecified atom stereocenters. The van der Waals surface area contributed by atoms with Crippen LogP contribution in [0.15, 0.2) is 0 Å². The Labute approximate surface area is 213 Å². The van der Waals surface area contributed by atoms with Crippen LogP contribution in [0.5, 0.6) is 0 Å². The molecule has 0 aliphatic carbocycles. The molecule has 6 nitrogen and oxygen atoms in total. The summed E-state index contributed by atoms with van der Waals surface area (Å²) in [4.78, 5) is 19.7. The Morgan fingerprint density at radius 3 is 1.81 bits per heavy atom. The van der Waals surface area contributed by atoms with Crippen LogP contribution in [0.25, 0.3) is 0 Å². The summed E-state index contributed by atoms with van der Waals surface area (Å²) >= 11 is 0. The molecule has 2 fully saturated rings. The van der Waals surface area contributed by atoms with Gasteiger partial charge in [-0.3, -0.25) is 21.6 Å². The van der Waals surface area contributed by atoms with Crippen LogP contribution in [0.1, 0.15) is 6.92 Å². The predicted octanol–water partition coefficient (Wildman–Crippen LogP) is 0.922. The topological polar surface area (TPSA) is 39.3 Å². The standard InChI is InChI=1S/C8H17N2O.C8H15N2O.2CH3.2Y/c1-9-3-5-10(6-4-9)7-8-11-2;1-8(11)7-10-5-3-9(2)4-6-10;;;;/h2-8H2,1H3;2-7H2,1H3;2*1H3;;/q4*-1;;. The first kappa shape index (κ1) is 35.1. The molecule has 0 aromatic rings. The molecule has 2 aliphatic rings. The summed E-state index contributed by atoms with van der Waals surface area (Å²) in [5, 5.41) is 0. The molecule has 26 heavy (non-hydrogen) atoms. The molecule has 2 radical (unpaired) electrons. The second-order valence-electron chi connectivity index (χ2n) is 6.15. The van der Waals surface area contributed by atoms with E-state index in [0.29, 0.717) is 6.54 Å². The molecule has 0 N–H and O–H groups in total. The van der Waals surface area contributed by atoms with Crippen molar-refractivity contribution < 1.29 is 74.9 Å². The summed E-state index contributed by atoms with van der Waals surface area (Å²) in [6.45, 7) is 12.6. The second kappa shape index (κ2) is 21.4. The van der Waals surface area contributed by atoms with E-state index in [9.17, 15) is 4.79 Å². The third-order valence-electron chi connectivity index (χ3n) is 4.06. The summed E-state index contributed by atoms with van der Waals surface area (Å²) in [7, 11) is 9.34. The number of carbonyl (C=O) groups excluding carboxylic acids is 1. The number of rotatable bonds is 5. The summed E-state index contributed by atoms with van der Waals surface area (Å²) in [5.74, 6) is 0.252. The Bertz CT molecular complexity index is 307. The zero-order valence-electron chi connectivity index (χ0n) is 17.5. The van der Waals surface area contributed by atoms with Gasteiger partial charge in [0.15, 0.2) is 0 Å². The molecule has 2 heterocycles. The van der Waals surface area contributed by atoms with Gasteiger partial charge in [0.1, 0.15) is 5.78 Å². The van der Waals surface area contributed by atoms with Gasteiger partial charge in [0.2, 0.25) is 0 Å². The molecule has 0 aromatic heterocycles. The van der Waals surface area contributed by atoms with Crippen LogP contribution in [0.3, 0.4) is 0 Å². The van der Waals surface area contributed by atoms with Crippen molar-refractivity contribution in [3.05, 3.63) is 29.0 Å². The van der Waals surface area contributed by atoms with Gasteiger partial charge in [-0.15, -0.1) is 0 Å². The molecule has 0 atom stereocenters. The third kappa shape index (κ3) is 17.8. The predicted molar refractivity (Wildman–Crippen MR) is 102 cm³/mol. The van der Waals surface area contributed by atoms with Gasteiger partial charge in [0.25, 0.3) is 0 Å². The first-order chi connectivity index (χ1) is 10.5. The Morgan fingerprint density at radius 1 is 0.923 bits per heavy atom. The van der Waals surface area contributed by atoms with E-state index >= 15 is 0 Å². The minimum Gasteiger partial charge on any atom is -0.554 e. The van der Waals surface area contributed by atoms with E-state index in [1.807, 2.05) is 4.90 Å². The van der Waals surface area contributed by atoms with E-state index in [4.69, 9.17) is 4.74 Å². The summed E-state index contributed by atoms with van der Waals surface area (Å²) in [5.41, 5.74) is 0. The number of hydrogen-bond donors (Lipinski definition) is 0. The van der Waals surface area contributed by atoms with Crippen LogP contribution < -0.4 is 0 Å². The molecule has 152 valence electrons. The number of Topliss-reactive ketones (excluding diaryl/α,β-unsaturated/α-hetero) is 1. The number of nitrogens with zero attached hydrogens (tertiary/aromatic N) is 4. The van der Waals surface area contributed by atoms with Crippen molar-refractivity contribution in [2.75, 3.05) is 79.1 Å². The first-order valence-corrected chi connectivity index (χ1v) is 8.06. The summed E-state index contributed by atoms with van der Waals surface area (Å²) < 4.78 is 4.77. The van der Waals surface area contributed by atoms with Crippen molar-refractivity contribution in [1.82, 2.24) is 19.6 Å². The summed E-state index contributed by atoms with van der Waals surface area (Å²) in [6.07, 6.45) is 0. The third-order valence-corrected chi connectivity index (χ3v) is 4.06. The van der Waals surface area contributed by atoms with Crippen LogP contribution in [0.4, 0.5) is 0 Å². The molecule has 2 rings (SSSR count). The van der Waals surface area contributed by atoms with E-state index in [0.717, 1.165) is 39.3 Å². The average Bonchev–Trinajstić information content (AvgIpc) is 2.49. The van der Waals surface area contributed by atoms with E-state index in [-0.39, 0.29) is 86.1 Å². The number of ketones is 1. The van der Waals surface area contributed by atoms with Crippen LogP contribution in [-0.2, 0) is 74.9 Å². The molecule has 8 heteroatoms. The fourth-order valence-electron chi connectivity index (χ4n) is 2.53. The van der Waals surface area contributed by atoms with Crippen molar-refractivity contribution in [3.63, 3.8) is 0 Å². The number of carbonyl (C=O) groups is 1. The van der Waals surface area contributed by atoms with Gasteiger partial charge in [-0.2, -0.15) is 0 Å². The smallest absolute Gasteiger partial charge is 0.143 e. The maximum Gasteiger partial charge on any atom is 0.143 e. The van der Waals surface area contributed by atoms with Crippen molar-refractivity contribution in [1.29, 1.82) is 0 Å². The number of hydrogen-bond acceptors (Lipinski definition) is 6. The van der Waals surface area contributed by atoms with Gasteiger partial charge in [0, 0.05) is 118 Å². The zero-order valence-corrected chi connectivity index (χ0v) is 23.1. The molecule has 0 aromatic carbocycles. The van der Waals surface area contributed by atoms with E-state index in [1.165, 1.54) is 26.2 Å². The molecule has 2 saturated heterocycles. The van der Waals surface area contributed by atoms with Crippen molar-refractivity contribution in [3.8, 4) is 0 Å². The Kier molecular flexibility index (Phi) is 28.9. The fraction of sp³-hybridized carbons (Fsp3) is 0.722. The minimum absolute atomic E-state index is 0. The number of likely N-dealkylation sites (N-methyl/N-ethyl adjacent to an activating group) is 1. The Hall–Kier alpha value is 1.68. The van der Waals surface area contributed by atoms with Crippen LogP contribution in [-0.4, -0.2) is 104 Å². The number of piperazine rings is 2. The molecule has 2 aliphatic heterocycles. The van der Waals surface area contributed by atoms with Crippen molar-refractivity contribution >= 4 is 5.78 Å². The quantitative estimate of drug-likeness (QED) is 0.503. The van der Waals surface area contributed by atoms with E-state index in [2.05, 4.69) is 35.9 Å². The van der Waals surface area contributed by atoms with E-state index < -0.39 is 0 Å². The van der Waals surface area contributed by atoms with Crippen LogP contribution >= 0.6 is 0 Å².